The van der Waals surface area contributed by atoms with Crippen molar-refractivity contribution in [3.8, 4) is 11.5 Å². The molecule has 2 aromatic carbocycles. The van der Waals surface area contributed by atoms with Crippen molar-refractivity contribution >= 4 is 10.1 Å². The lowest BCUT2D eigenvalue weighted by Crippen LogP contribution is -2.29. The van der Waals surface area contributed by atoms with Gasteiger partial charge in [0.05, 0.1) is 36.9 Å². The lowest BCUT2D eigenvalue weighted by molar-refractivity contribution is -0.0553. The van der Waals surface area contributed by atoms with E-state index in [-0.39, 0.29) is 30.3 Å². The highest BCUT2D eigenvalue weighted by molar-refractivity contribution is 7.86. The quantitative estimate of drug-likeness (QED) is 0.268. The standard InChI is InChI=1S/C27H33NO6S/c1-19-10-12-25(13-11-19)35(29,30)33-15-14-31-23-8-5-9-24(17-23)32-18-26-21(3)34-27(28-26)22-7-4-6-20(2)16-22/h4,6-7,10-13,16,23-24H,5,8-9,14-15,17-18H2,1-3H3. The molecule has 0 spiro atoms. The van der Waals surface area contributed by atoms with Crippen molar-refractivity contribution in [1.29, 1.82) is 0 Å². The second kappa shape index (κ2) is 11.5. The normalized spacial score (nSPS) is 18.6. The lowest BCUT2D eigenvalue weighted by atomic mass is 9.95. The number of aryl methyl sites for hydroxylation is 3. The first-order valence-corrected chi connectivity index (χ1v) is 13.4. The van der Waals surface area contributed by atoms with Gasteiger partial charge in [-0.05, 0) is 70.7 Å². The fourth-order valence-electron chi connectivity index (χ4n) is 4.20. The Hall–Kier alpha value is -2.52. The summed E-state index contributed by atoms with van der Waals surface area (Å²) in [7, 11) is -3.78. The van der Waals surface area contributed by atoms with Crippen LogP contribution in [0.25, 0.3) is 11.5 Å². The Balaban J connectivity index is 1.22. The van der Waals surface area contributed by atoms with Gasteiger partial charge in [-0.25, -0.2) is 4.98 Å². The van der Waals surface area contributed by atoms with Crippen LogP contribution in [0.15, 0.2) is 57.8 Å². The van der Waals surface area contributed by atoms with E-state index in [0.29, 0.717) is 12.5 Å². The van der Waals surface area contributed by atoms with Gasteiger partial charge < -0.3 is 13.9 Å². The molecule has 4 rings (SSSR count). The molecule has 0 saturated heterocycles. The van der Waals surface area contributed by atoms with E-state index in [1.165, 1.54) is 0 Å². The number of hydrogen-bond acceptors (Lipinski definition) is 7. The van der Waals surface area contributed by atoms with Gasteiger partial charge in [0.15, 0.2) is 0 Å². The summed E-state index contributed by atoms with van der Waals surface area (Å²) < 4.78 is 47.6. The Morgan fingerprint density at radius 3 is 2.43 bits per heavy atom. The van der Waals surface area contributed by atoms with Crippen LogP contribution in [-0.4, -0.2) is 38.8 Å². The molecule has 188 valence electrons. The average molecular weight is 500 g/mol. The third-order valence-electron chi connectivity index (χ3n) is 6.18. The van der Waals surface area contributed by atoms with Gasteiger partial charge in [0.1, 0.15) is 11.5 Å². The average Bonchev–Trinajstić information content (AvgIpc) is 3.22. The minimum Gasteiger partial charge on any atom is -0.441 e. The van der Waals surface area contributed by atoms with Gasteiger partial charge in [-0.2, -0.15) is 8.42 Å². The first-order valence-electron chi connectivity index (χ1n) is 12.0. The third kappa shape index (κ3) is 7.01. The molecule has 2 atom stereocenters. The predicted molar refractivity (Wildman–Crippen MR) is 133 cm³/mol. The highest BCUT2D eigenvalue weighted by Crippen LogP contribution is 2.27. The molecule has 1 saturated carbocycles. The van der Waals surface area contributed by atoms with Gasteiger partial charge in [0.2, 0.25) is 5.89 Å². The highest BCUT2D eigenvalue weighted by Gasteiger charge is 2.24. The molecular weight excluding hydrogens is 466 g/mol. The molecule has 7 nitrogen and oxygen atoms in total. The van der Waals surface area contributed by atoms with Gasteiger partial charge in [-0.1, -0.05) is 35.4 Å². The largest absolute Gasteiger partial charge is 0.441 e. The fourth-order valence-corrected chi connectivity index (χ4v) is 5.09. The van der Waals surface area contributed by atoms with Crippen molar-refractivity contribution in [3.05, 3.63) is 71.1 Å². The maximum Gasteiger partial charge on any atom is 0.297 e. The van der Waals surface area contributed by atoms with Crippen LogP contribution in [-0.2, 0) is 30.4 Å². The Kier molecular flexibility index (Phi) is 8.38. The van der Waals surface area contributed by atoms with Crippen LogP contribution in [0.3, 0.4) is 0 Å². The molecule has 0 aliphatic heterocycles. The molecule has 3 aromatic rings. The molecule has 1 aliphatic rings. The molecule has 1 heterocycles. The first kappa shape index (κ1) is 25.6. The molecule has 0 radical (unpaired) electrons. The van der Waals surface area contributed by atoms with Crippen LogP contribution < -0.4 is 0 Å². The van der Waals surface area contributed by atoms with Crippen molar-refractivity contribution in [2.24, 2.45) is 0 Å². The van der Waals surface area contributed by atoms with Gasteiger partial charge in [-0.3, -0.25) is 4.18 Å². The van der Waals surface area contributed by atoms with E-state index < -0.39 is 10.1 Å². The van der Waals surface area contributed by atoms with Crippen LogP contribution in [0.2, 0.25) is 0 Å². The number of oxazole rings is 1. The van der Waals surface area contributed by atoms with Gasteiger partial charge in [-0.15, -0.1) is 0 Å². The summed E-state index contributed by atoms with van der Waals surface area (Å²) in [4.78, 5) is 4.80. The van der Waals surface area contributed by atoms with Crippen LogP contribution in [0, 0.1) is 20.8 Å². The van der Waals surface area contributed by atoms with Gasteiger partial charge in [0.25, 0.3) is 10.1 Å². The first-order chi connectivity index (χ1) is 16.8. The molecule has 1 aromatic heterocycles. The molecule has 35 heavy (non-hydrogen) atoms. The van der Waals surface area contributed by atoms with Crippen LogP contribution in [0.5, 0.6) is 0 Å². The lowest BCUT2D eigenvalue weighted by Gasteiger charge is -2.29. The summed E-state index contributed by atoms with van der Waals surface area (Å²) in [6.45, 7) is 6.43. The van der Waals surface area contributed by atoms with Crippen LogP contribution in [0.1, 0.15) is 48.3 Å². The van der Waals surface area contributed by atoms with Gasteiger partial charge in [0, 0.05) is 5.56 Å². The second-order valence-corrected chi connectivity index (χ2v) is 10.7. The molecule has 2 unspecified atom stereocenters. The summed E-state index contributed by atoms with van der Waals surface area (Å²) in [5.41, 5.74) is 3.91. The molecule has 0 N–H and O–H groups in total. The van der Waals surface area contributed by atoms with Gasteiger partial charge >= 0.3 is 0 Å². The number of rotatable bonds is 10. The summed E-state index contributed by atoms with van der Waals surface area (Å²) in [5, 5.41) is 0. The van der Waals surface area contributed by atoms with E-state index in [9.17, 15) is 8.42 Å². The monoisotopic (exact) mass is 499 g/mol. The smallest absolute Gasteiger partial charge is 0.297 e. The highest BCUT2D eigenvalue weighted by atomic mass is 32.2. The van der Waals surface area contributed by atoms with Crippen molar-refractivity contribution in [1.82, 2.24) is 4.98 Å². The summed E-state index contributed by atoms with van der Waals surface area (Å²) in [5.74, 6) is 1.37. The number of nitrogens with zero attached hydrogens (tertiary/aromatic N) is 1. The van der Waals surface area contributed by atoms with E-state index in [0.717, 1.165) is 53.8 Å². The molecule has 1 fully saturated rings. The zero-order valence-corrected chi connectivity index (χ0v) is 21.3. The van der Waals surface area contributed by atoms with E-state index in [1.807, 2.05) is 39.0 Å². The minimum atomic E-state index is -3.78. The maximum absolute atomic E-state index is 12.3. The topological polar surface area (TPSA) is 87.9 Å². The molecule has 0 amide bonds. The van der Waals surface area contributed by atoms with Crippen molar-refractivity contribution < 1.29 is 26.5 Å². The Labute approximate surface area is 207 Å². The Bertz CT molecular complexity index is 1220. The molecule has 8 heteroatoms. The summed E-state index contributed by atoms with van der Waals surface area (Å²) in [6, 6.07) is 14.7. The SMILES string of the molecule is Cc1ccc(S(=O)(=O)OCCOC2CCCC(OCc3nc(-c4cccc(C)c4)oc3C)C2)cc1. The van der Waals surface area contributed by atoms with Crippen LogP contribution >= 0.6 is 0 Å². The minimum absolute atomic E-state index is 0.0145. The van der Waals surface area contributed by atoms with E-state index >= 15 is 0 Å². The molecular formula is C27H33NO6S. The number of benzene rings is 2. The van der Waals surface area contributed by atoms with Crippen molar-refractivity contribution in [2.45, 2.75) is 70.2 Å². The summed E-state index contributed by atoms with van der Waals surface area (Å²) >= 11 is 0. The summed E-state index contributed by atoms with van der Waals surface area (Å²) in [6.07, 6.45) is 3.70. The third-order valence-corrected chi connectivity index (χ3v) is 7.50. The van der Waals surface area contributed by atoms with E-state index in [1.54, 1.807) is 24.3 Å². The number of hydrogen-bond donors (Lipinski definition) is 0. The number of aromatic nitrogens is 1. The second-order valence-electron chi connectivity index (χ2n) is 9.07. The predicted octanol–water partition coefficient (Wildman–Crippen LogP) is 5.52. The van der Waals surface area contributed by atoms with E-state index in [4.69, 9.17) is 18.1 Å². The zero-order chi connectivity index (χ0) is 24.8. The zero-order valence-electron chi connectivity index (χ0n) is 20.5. The van der Waals surface area contributed by atoms with Crippen LogP contribution in [0.4, 0.5) is 0 Å². The van der Waals surface area contributed by atoms with Crippen molar-refractivity contribution in [3.63, 3.8) is 0 Å². The number of ether oxygens (including phenoxy) is 2. The van der Waals surface area contributed by atoms with E-state index in [2.05, 4.69) is 11.1 Å². The molecule has 0 bridgehead atoms. The maximum atomic E-state index is 12.3. The molecule has 1 aliphatic carbocycles. The fraction of sp³-hybridized carbons (Fsp3) is 0.444. The Morgan fingerprint density at radius 1 is 0.943 bits per heavy atom. The van der Waals surface area contributed by atoms with Crippen molar-refractivity contribution in [2.75, 3.05) is 13.2 Å². The Morgan fingerprint density at radius 2 is 1.69 bits per heavy atom.